The Kier molecular flexibility index (Phi) is 11.2. The number of nitrogens with one attached hydrogen (secondary N) is 1. The van der Waals surface area contributed by atoms with E-state index in [1.165, 1.54) is 51.4 Å². The van der Waals surface area contributed by atoms with Gasteiger partial charge in [-0.25, -0.2) is 0 Å². The van der Waals surface area contributed by atoms with Crippen LogP contribution in [0.2, 0.25) is 0 Å². The number of hydrogen-bond acceptors (Lipinski definition) is 1. The topological polar surface area (TPSA) is 28.8 Å². The minimum Gasteiger partial charge on any atom is -1.00 e. The second-order valence-corrected chi connectivity index (χ2v) is 4.80. The van der Waals surface area contributed by atoms with E-state index in [1.54, 1.807) is 0 Å². The number of hydrogen-bond donors (Lipinski definition) is 1. The molecular weight excluding hydrogens is 288 g/mol. The summed E-state index contributed by atoms with van der Waals surface area (Å²) in [6, 6.07) is 3.70. The van der Waals surface area contributed by atoms with Crippen LogP contribution < -0.4 is 22.3 Å². The minimum atomic E-state index is 0. The summed E-state index contributed by atoms with van der Waals surface area (Å²) in [4.78, 5) is 0. The van der Waals surface area contributed by atoms with Crippen molar-refractivity contribution in [2.45, 2.75) is 64.8 Å². The van der Waals surface area contributed by atoms with Gasteiger partial charge in [0.2, 0.25) is 0 Å². The lowest BCUT2D eigenvalue weighted by Crippen LogP contribution is -3.00. The third-order valence-corrected chi connectivity index (χ3v) is 3.16. The lowest BCUT2D eigenvalue weighted by Gasteiger charge is -2.05. The SMILES string of the molecule is CCCCCCCCCCn1ccc(=N)cc1.[Br-]. The van der Waals surface area contributed by atoms with E-state index in [4.69, 9.17) is 5.41 Å². The fraction of sp³-hybridized carbons (Fsp3) is 0.667. The molecule has 3 heteroatoms. The molecule has 1 rings (SSSR count). The Bertz CT molecular complexity index is 326. The largest absolute Gasteiger partial charge is 1.00 e. The van der Waals surface area contributed by atoms with Gasteiger partial charge in [0.25, 0.3) is 0 Å². The summed E-state index contributed by atoms with van der Waals surface area (Å²) in [5.74, 6) is 0. The molecule has 0 aliphatic rings. The predicted molar refractivity (Wildman–Crippen MR) is 72.9 cm³/mol. The molecule has 0 saturated carbocycles. The Morgan fingerprint density at radius 3 is 1.94 bits per heavy atom. The Morgan fingerprint density at radius 1 is 0.889 bits per heavy atom. The lowest BCUT2D eigenvalue weighted by atomic mass is 10.1. The zero-order chi connectivity index (χ0) is 12.3. The molecule has 0 radical (unpaired) electrons. The van der Waals surface area contributed by atoms with Gasteiger partial charge in [-0.15, -0.1) is 0 Å². The van der Waals surface area contributed by atoms with Gasteiger partial charge in [0.1, 0.15) is 0 Å². The number of rotatable bonds is 9. The van der Waals surface area contributed by atoms with Crippen molar-refractivity contribution in [1.82, 2.24) is 4.57 Å². The monoisotopic (exact) mass is 313 g/mol. The summed E-state index contributed by atoms with van der Waals surface area (Å²) in [5.41, 5.74) is 0. The average molecular weight is 314 g/mol. The number of halogens is 1. The smallest absolute Gasteiger partial charge is 0.0568 e. The van der Waals surface area contributed by atoms with Gasteiger partial charge in [0.15, 0.2) is 0 Å². The fourth-order valence-electron chi connectivity index (χ4n) is 2.03. The summed E-state index contributed by atoms with van der Waals surface area (Å²) in [6.45, 7) is 3.36. The average Bonchev–Trinajstić information content (AvgIpc) is 2.35. The maximum Gasteiger partial charge on any atom is 0.0568 e. The van der Waals surface area contributed by atoms with Crippen molar-refractivity contribution in [2.75, 3.05) is 0 Å². The number of aryl methyl sites for hydroxylation is 1. The molecule has 18 heavy (non-hydrogen) atoms. The van der Waals surface area contributed by atoms with Gasteiger partial charge >= 0.3 is 0 Å². The molecule has 0 aliphatic heterocycles. The molecule has 0 saturated heterocycles. The predicted octanol–water partition coefficient (Wildman–Crippen LogP) is 1.11. The van der Waals surface area contributed by atoms with Crippen LogP contribution in [0.1, 0.15) is 58.3 Å². The molecule has 1 aromatic heterocycles. The van der Waals surface area contributed by atoms with Gasteiger partial charge in [0.05, 0.1) is 5.36 Å². The molecule has 0 aromatic carbocycles. The van der Waals surface area contributed by atoms with Crippen LogP contribution in [0.25, 0.3) is 0 Å². The highest BCUT2D eigenvalue weighted by Gasteiger charge is 1.92. The maximum atomic E-state index is 7.40. The number of pyridine rings is 1. The van der Waals surface area contributed by atoms with Crippen LogP contribution in [0, 0.1) is 5.41 Å². The quantitative estimate of drug-likeness (QED) is 0.662. The van der Waals surface area contributed by atoms with Gasteiger partial charge in [-0.1, -0.05) is 51.9 Å². The van der Waals surface area contributed by atoms with Crippen molar-refractivity contribution < 1.29 is 17.0 Å². The molecule has 0 amide bonds. The molecule has 1 N–H and O–H groups in total. The van der Waals surface area contributed by atoms with Crippen molar-refractivity contribution in [3.05, 3.63) is 29.9 Å². The van der Waals surface area contributed by atoms with Crippen molar-refractivity contribution >= 4 is 0 Å². The molecule has 2 nitrogen and oxygen atoms in total. The first kappa shape index (κ1) is 17.4. The van der Waals surface area contributed by atoms with Crippen LogP contribution in [-0.4, -0.2) is 4.57 Å². The van der Waals surface area contributed by atoms with E-state index in [0.29, 0.717) is 5.36 Å². The summed E-state index contributed by atoms with van der Waals surface area (Å²) in [6.07, 6.45) is 14.9. The van der Waals surface area contributed by atoms with Crippen molar-refractivity contribution in [3.63, 3.8) is 0 Å². The van der Waals surface area contributed by atoms with Gasteiger partial charge < -0.3 is 27.0 Å². The van der Waals surface area contributed by atoms with E-state index in [-0.39, 0.29) is 17.0 Å². The van der Waals surface area contributed by atoms with Gasteiger partial charge in [-0.2, -0.15) is 0 Å². The van der Waals surface area contributed by atoms with Crippen LogP contribution in [0.4, 0.5) is 0 Å². The van der Waals surface area contributed by atoms with Crippen LogP contribution in [0.5, 0.6) is 0 Å². The van der Waals surface area contributed by atoms with Crippen LogP contribution in [0.15, 0.2) is 24.5 Å². The summed E-state index contributed by atoms with van der Waals surface area (Å²) in [7, 11) is 0. The Morgan fingerprint density at radius 2 is 1.39 bits per heavy atom. The third-order valence-electron chi connectivity index (χ3n) is 3.16. The van der Waals surface area contributed by atoms with Crippen LogP contribution in [-0.2, 0) is 6.54 Å². The first-order valence-corrected chi connectivity index (χ1v) is 7.03. The summed E-state index contributed by atoms with van der Waals surface area (Å²) >= 11 is 0. The highest BCUT2D eigenvalue weighted by atomic mass is 79.9. The zero-order valence-corrected chi connectivity index (χ0v) is 13.1. The van der Waals surface area contributed by atoms with Crippen molar-refractivity contribution in [1.29, 1.82) is 5.41 Å². The van der Waals surface area contributed by atoms with E-state index in [2.05, 4.69) is 11.5 Å². The number of aromatic nitrogens is 1. The lowest BCUT2D eigenvalue weighted by molar-refractivity contribution is -0.00000396. The first-order valence-electron chi connectivity index (χ1n) is 7.03. The van der Waals surface area contributed by atoms with Crippen molar-refractivity contribution in [2.24, 2.45) is 0 Å². The standard InChI is InChI=1S/C15H26N2.BrH/c1-2-3-4-5-6-7-8-9-12-17-13-10-15(16)11-14-17;/h10-11,13-14,16H,2-9,12H2,1H3;1H/p-1. The zero-order valence-electron chi connectivity index (χ0n) is 11.5. The van der Waals surface area contributed by atoms with E-state index in [0.717, 1.165) is 6.54 Å². The molecule has 0 fully saturated rings. The van der Waals surface area contributed by atoms with E-state index in [9.17, 15) is 0 Å². The Hall–Kier alpha value is -0.570. The third kappa shape index (κ3) is 8.51. The molecule has 104 valence electrons. The second-order valence-electron chi connectivity index (χ2n) is 4.80. The molecule has 1 aromatic rings. The molecule has 0 unspecified atom stereocenters. The molecule has 0 spiro atoms. The minimum absolute atomic E-state index is 0. The summed E-state index contributed by atoms with van der Waals surface area (Å²) < 4.78 is 2.18. The van der Waals surface area contributed by atoms with Gasteiger partial charge in [-0.05, 0) is 18.6 Å². The Balaban J connectivity index is 0.00000289. The molecule has 0 aliphatic carbocycles. The van der Waals surface area contributed by atoms with E-state index < -0.39 is 0 Å². The molecular formula is C15H26BrN2-. The van der Waals surface area contributed by atoms with Crippen molar-refractivity contribution in [3.8, 4) is 0 Å². The number of nitrogens with zero attached hydrogens (tertiary/aromatic N) is 1. The molecule has 0 atom stereocenters. The van der Waals surface area contributed by atoms with Gasteiger partial charge in [-0.3, -0.25) is 0 Å². The van der Waals surface area contributed by atoms with Crippen LogP contribution in [0.3, 0.4) is 0 Å². The van der Waals surface area contributed by atoms with E-state index in [1.807, 2.05) is 24.5 Å². The normalized spacial score (nSPS) is 10.1. The van der Waals surface area contributed by atoms with Crippen LogP contribution >= 0.6 is 0 Å². The molecule has 1 heterocycles. The highest BCUT2D eigenvalue weighted by molar-refractivity contribution is 4.90. The molecule has 0 bridgehead atoms. The summed E-state index contributed by atoms with van der Waals surface area (Å²) in [5, 5.41) is 8.00. The number of unbranched alkanes of at least 4 members (excludes halogenated alkanes) is 7. The van der Waals surface area contributed by atoms with E-state index >= 15 is 0 Å². The Labute approximate surface area is 122 Å². The second kappa shape index (κ2) is 11.5. The highest BCUT2D eigenvalue weighted by Crippen LogP contribution is 2.08. The van der Waals surface area contributed by atoms with Gasteiger partial charge in [0, 0.05) is 18.9 Å². The maximum absolute atomic E-state index is 7.40. The first-order chi connectivity index (χ1) is 8.33. The fourth-order valence-corrected chi connectivity index (χ4v) is 2.03.